The van der Waals surface area contributed by atoms with Crippen LogP contribution < -0.4 is 5.32 Å². The molecule has 2 fully saturated rings. The standard InChI is InChI=1S/C16H20N2O2S/c1-15(2)10-16(3)18(14(21)17-15)12(13(19)20-16)9-11-7-5-4-6-8-11/h4-8,12H,9-10H2,1-3H3,(H,17,21)/t12-,16+/m0/s1. The smallest absolute Gasteiger partial charge is 0.331 e. The van der Waals surface area contributed by atoms with Crippen LogP contribution in [0.2, 0.25) is 0 Å². The average molecular weight is 304 g/mol. The summed E-state index contributed by atoms with van der Waals surface area (Å²) >= 11 is 5.49. The number of ether oxygens (including phenoxy) is 1. The molecule has 0 spiro atoms. The molecule has 5 heteroatoms. The SMILES string of the molecule is CC1(C)C[C@@]2(C)OC(=O)[C@H](Cc3ccccc3)N2C(=S)N1. The van der Waals surface area contributed by atoms with Crippen LogP contribution in [0.25, 0.3) is 0 Å². The number of nitrogens with zero attached hydrogens (tertiary/aromatic N) is 1. The number of nitrogens with one attached hydrogen (secondary N) is 1. The molecule has 2 saturated heterocycles. The molecule has 0 saturated carbocycles. The van der Waals surface area contributed by atoms with Crippen LogP contribution in [-0.4, -0.2) is 33.3 Å². The highest BCUT2D eigenvalue weighted by Gasteiger charge is 2.56. The van der Waals surface area contributed by atoms with E-state index in [0.29, 0.717) is 18.0 Å². The molecule has 2 aliphatic heterocycles. The molecular formula is C16H20N2O2S. The molecule has 4 nitrogen and oxygen atoms in total. The number of esters is 1. The van der Waals surface area contributed by atoms with Crippen molar-refractivity contribution in [3.63, 3.8) is 0 Å². The fraction of sp³-hybridized carbons (Fsp3) is 0.500. The summed E-state index contributed by atoms with van der Waals surface area (Å²) in [5, 5.41) is 3.91. The molecule has 1 aromatic rings. The van der Waals surface area contributed by atoms with E-state index >= 15 is 0 Å². The van der Waals surface area contributed by atoms with E-state index in [-0.39, 0.29) is 17.6 Å². The zero-order valence-electron chi connectivity index (χ0n) is 12.6. The summed E-state index contributed by atoms with van der Waals surface area (Å²) in [6.45, 7) is 6.09. The minimum absolute atomic E-state index is 0.176. The molecule has 21 heavy (non-hydrogen) atoms. The lowest BCUT2D eigenvalue weighted by Crippen LogP contribution is -2.66. The molecule has 1 N–H and O–H groups in total. The molecule has 0 unspecified atom stereocenters. The van der Waals surface area contributed by atoms with E-state index in [1.54, 1.807) is 0 Å². The summed E-state index contributed by atoms with van der Waals surface area (Å²) in [4.78, 5) is 14.3. The Balaban J connectivity index is 1.90. The minimum atomic E-state index is -0.650. The maximum Gasteiger partial charge on any atom is 0.331 e. The summed E-state index contributed by atoms with van der Waals surface area (Å²) in [6, 6.07) is 9.61. The van der Waals surface area contributed by atoms with Crippen molar-refractivity contribution in [2.24, 2.45) is 0 Å². The zero-order valence-corrected chi connectivity index (χ0v) is 13.4. The monoisotopic (exact) mass is 304 g/mol. The molecule has 1 aromatic carbocycles. The van der Waals surface area contributed by atoms with Gasteiger partial charge in [-0.3, -0.25) is 4.90 Å². The van der Waals surface area contributed by atoms with Crippen LogP contribution in [0.5, 0.6) is 0 Å². The van der Waals surface area contributed by atoms with Crippen molar-refractivity contribution >= 4 is 23.3 Å². The van der Waals surface area contributed by atoms with E-state index in [0.717, 1.165) is 5.56 Å². The largest absolute Gasteiger partial charge is 0.437 e. The lowest BCUT2D eigenvalue weighted by atomic mass is 9.89. The first-order valence-corrected chi connectivity index (χ1v) is 7.60. The fourth-order valence-electron chi connectivity index (χ4n) is 3.47. The summed E-state index contributed by atoms with van der Waals surface area (Å²) < 4.78 is 5.70. The summed E-state index contributed by atoms with van der Waals surface area (Å²) in [7, 11) is 0. The van der Waals surface area contributed by atoms with Gasteiger partial charge in [-0.1, -0.05) is 30.3 Å². The predicted molar refractivity (Wildman–Crippen MR) is 84.7 cm³/mol. The van der Waals surface area contributed by atoms with Crippen LogP contribution in [-0.2, 0) is 16.0 Å². The predicted octanol–water partition coefficient (Wildman–Crippen LogP) is 2.23. The highest BCUT2D eigenvalue weighted by Crippen LogP contribution is 2.39. The highest BCUT2D eigenvalue weighted by atomic mass is 32.1. The number of thiocarbonyl (C=S) groups is 1. The van der Waals surface area contributed by atoms with Gasteiger partial charge in [-0.15, -0.1) is 0 Å². The minimum Gasteiger partial charge on any atom is -0.437 e. The Morgan fingerprint density at radius 3 is 2.67 bits per heavy atom. The summed E-state index contributed by atoms with van der Waals surface area (Å²) in [6.07, 6.45) is 1.31. The Morgan fingerprint density at radius 1 is 1.33 bits per heavy atom. The average Bonchev–Trinajstić information content (AvgIpc) is 2.59. The Labute approximate surface area is 130 Å². The number of fused-ring (bicyclic) bond motifs is 1. The normalized spacial score (nSPS) is 30.6. The summed E-state index contributed by atoms with van der Waals surface area (Å²) in [5.74, 6) is -0.191. The summed E-state index contributed by atoms with van der Waals surface area (Å²) in [5.41, 5.74) is 0.281. The van der Waals surface area contributed by atoms with Crippen LogP contribution in [0.3, 0.4) is 0 Å². The van der Waals surface area contributed by atoms with Gasteiger partial charge in [0.25, 0.3) is 0 Å². The second-order valence-corrected chi connectivity index (χ2v) is 7.05. The maximum atomic E-state index is 12.4. The highest BCUT2D eigenvalue weighted by molar-refractivity contribution is 7.80. The molecule has 3 rings (SSSR count). The second-order valence-electron chi connectivity index (χ2n) is 6.66. The van der Waals surface area contributed by atoms with Crippen molar-refractivity contribution < 1.29 is 9.53 Å². The number of carbonyl (C=O) groups is 1. The van der Waals surface area contributed by atoms with E-state index in [9.17, 15) is 4.79 Å². The maximum absolute atomic E-state index is 12.4. The van der Waals surface area contributed by atoms with Crippen LogP contribution in [0.1, 0.15) is 32.8 Å². The van der Waals surface area contributed by atoms with Gasteiger partial charge < -0.3 is 10.1 Å². The molecule has 0 bridgehead atoms. The second kappa shape index (κ2) is 4.70. The molecule has 2 heterocycles. The van der Waals surface area contributed by atoms with Gasteiger partial charge in [0.15, 0.2) is 10.8 Å². The molecule has 112 valence electrons. The Morgan fingerprint density at radius 2 is 2.00 bits per heavy atom. The van der Waals surface area contributed by atoms with Crippen molar-refractivity contribution in [2.45, 2.75) is 50.9 Å². The fourth-order valence-corrected chi connectivity index (χ4v) is 4.07. The van der Waals surface area contributed by atoms with Crippen molar-refractivity contribution in [3.8, 4) is 0 Å². The van der Waals surface area contributed by atoms with Crippen molar-refractivity contribution in [2.75, 3.05) is 0 Å². The van der Waals surface area contributed by atoms with Gasteiger partial charge in [-0.05, 0) is 38.6 Å². The first-order valence-electron chi connectivity index (χ1n) is 7.19. The van der Waals surface area contributed by atoms with Gasteiger partial charge >= 0.3 is 5.97 Å². The first kappa shape index (κ1) is 14.3. The molecule has 0 amide bonds. The van der Waals surface area contributed by atoms with Crippen LogP contribution in [0, 0.1) is 0 Å². The lowest BCUT2D eigenvalue weighted by molar-refractivity contribution is -0.153. The molecule has 2 atom stereocenters. The number of hydrogen-bond acceptors (Lipinski definition) is 3. The van der Waals surface area contributed by atoms with Gasteiger partial charge in [-0.25, -0.2) is 4.79 Å². The van der Waals surface area contributed by atoms with Crippen molar-refractivity contribution in [1.29, 1.82) is 0 Å². The Bertz CT molecular complexity index is 587. The molecular weight excluding hydrogens is 284 g/mol. The third kappa shape index (κ3) is 2.50. The number of rotatable bonds is 2. The van der Waals surface area contributed by atoms with E-state index in [4.69, 9.17) is 17.0 Å². The van der Waals surface area contributed by atoms with Gasteiger partial charge in [-0.2, -0.15) is 0 Å². The topological polar surface area (TPSA) is 41.6 Å². The molecule has 0 aromatic heterocycles. The van der Waals surface area contributed by atoms with Gasteiger partial charge in [0, 0.05) is 18.4 Å². The van der Waals surface area contributed by atoms with Crippen molar-refractivity contribution in [1.82, 2.24) is 10.2 Å². The Hall–Kier alpha value is -1.62. The number of benzene rings is 1. The van der Waals surface area contributed by atoms with Gasteiger partial charge in [0.05, 0.1) is 0 Å². The van der Waals surface area contributed by atoms with Gasteiger partial charge in [0.1, 0.15) is 6.04 Å². The quantitative estimate of drug-likeness (QED) is 0.670. The molecule has 0 aliphatic carbocycles. The molecule has 2 aliphatic rings. The van der Waals surface area contributed by atoms with Crippen molar-refractivity contribution in [3.05, 3.63) is 35.9 Å². The van der Waals surface area contributed by atoms with E-state index in [1.807, 2.05) is 42.2 Å². The van der Waals surface area contributed by atoms with Crippen LogP contribution in [0.15, 0.2) is 30.3 Å². The number of hydrogen-bond donors (Lipinski definition) is 1. The van der Waals surface area contributed by atoms with E-state index < -0.39 is 5.72 Å². The lowest BCUT2D eigenvalue weighted by Gasteiger charge is -2.48. The third-order valence-corrected chi connectivity index (χ3v) is 4.42. The first-order chi connectivity index (χ1) is 9.81. The number of carbonyl (C=O) groups excluding carboxylic acids is 1. The van der Waals surface area contributed by atoms with E-state index in [2.05, 4.69) is 19.2 Å². The van der Waals surface area contributed by atoms with Gasteiger partial charge in [0.2, 0.25) is 0 Å². The third-order valence-electron chi connectivity index (χ3n) is 4.12. The van der Waals surface area contributed by atoms with E-state index in [1.165, 1.54) is 0 Å². The van der Waals surface area contributed by atoms with Crippen LogP contribution >= 0.6 is 12.2 Å². The zero-order chi connectivity index (χ0) is 15.3. The Kier molecular flexibility index (Phi) is 3.20. The molecule has 0 radical (unpaired) electrons. The van der Waals surface area contributed by atoms with Crippen LogP contribution in [0.4, 0.5) is 0 Å².